The molecule has 0 bridgehead atoms. The molecule has 0 saturated heterocycles. The van der Waals surface area contributed by atoms with Crippen LogP contribution < -0.4 is 9.47 Å². The van der Waals surface area contributed by atoms with E-state index < -0.39 is 30.1 Å². The second-order valence-corrected chi connectivity index (χ2v) is 8.63. The molecular weight excluding hydrogens is 531 g/mol. The smallest absolute Gasteiger partial charge is 0.395 e. The lowest BCUT2D eigenvalue weighted by Crippen LogP contribution is -2.16. The van der Waals surface area contributed by atoms with Crippen LogP contribution in [0.3, 0.4) is 0 Å². The lowest BCUT2D eigenvalue weighted by atomic mass is 10.1. The van der Waals surface area contributed by atoms with Gasteiger partial charge in [0.05, 0.1) is 0 Å². The molecule has 3 aromatic carbocycles. The third kappa shape index (κ3) is 9.60. The van der Waals surface area contributed by atoms with Crippen LogP contribution in [0.1, 0.15) is 36.1 Å². The van der Waals surface area contributed by atoms with E-state index in [0.717, 1.165) is 11.1 Å². The predicted molar refractivity (Wildman–Crippen MR) is 151 cm³/mol. The summed E-state index contributed by atoms with van der Waals surface area (Å²) < 4.78 is 33.5. The molecule has 8 nitrogen and oxygen atoms in total. The maximum atomic E-state index is 14.7. The van der Waals surface area contributed by atoms with Crippen molar-refractivity contribution < 1.29 is 42.5 Å². The van der Waals surface area contributed by atoms with Crippen molar-refractivity contribution in [3.63, 3.8) is 0 Å². The van der Waals surface area contributed by atoms with Crippen molar-refractivity contribution in [2.24, 2.45) is 0 Å². The van der Waals surface area contributed by atoms with Gasteiger partial charge in [0.25, 0.3) is 0 Å². The lowest BCUT2D eigenvalue weighted by molar-refractivity contribution is -0.135. The minimum absolute atomic E-state index is 0.0669. The van der Waals surface area contributed by atoms with Crippen LogP contribution in [0, 0.1) is 5.82 Å². The molecule has 0 heterocycles. The second-order valence-electron chi connectivity index (χ2n) is 8.63. The molecular formula is C32H25FO8. The van der Waals surface area contributed by atoms with Crippen LogP contribution in [0.15, 0.2) is 91.0 Å². The molecule has 0 aliphatic carbocycles. The molecule has 0 aromatic heterocycles. The quantitative estimate of drug-likeness (QED) is 0.0929. The van der Waals surface area contributed by atoms with Gasteiger partial charge in [-0.1, -0.05) is 73.9 Å². The van der Waals surface area contributed by atoms with Gasteiger partial charge in [-0.3, -0.25) is 0 Å². The summed E-state index contributed by atoms with van der Waals surface area (Å²) in [7, 11) is 0. The van der Waals surface area contributed by atoms with Crippen molar-refractivity contribution in [1.82, 2.24) is 0 Å². The highest BCUT2D eigenvalue weighted by atomic mass is 19.1. The molecule has 3 rings (SSSR count). The van der Waals surface area contributed by atoms with Crippen LogP contribution in [0.2, 0.25) is 0 Å². The summed E-state index contributed by atoms with van der Waals surface area (Å²) in [5, 5.41) is 0. The fourth-order valence-electron chi connectivity index (χ4n) is 3.01. The van der Waals surface area contributed by atoms with Gasteiger partial charge in [0, 0.05) is 16.7 Å². The lowest BCUT2D eigenvalue weighted by Gasteiger charge is -2.05. The van der Waals surface area contributed by atoms with Crippen LogP contribution in [-0.2, 0) is 19.1 Å². The standard InChI is InChI=1S/C32H25FO8/c1-20(2)29(34)40-31(36)38-26-15-9-22(10-16-26)5-6-24-8-14-25(28(33)19-24)13-7-23-11-17-27(18-12-23)39-32(37)41-30(35)21(3)4/h5-19H,1,3H2,2,4H3/b6-5+,13-7+. The van der Waals surface area contributed by atoms with Gasteiger partial charge >= 0.3 is 24.2 Å². The summed E-state index contributed by atoms with van der Waals surface area (Å²) >= 11 is 0. The van der Waals surface area contributed by atoms with Crippen molar-refractivity contribution in [3.8, 4) is 11.5 Å². The summed E-state index contributed by atoms with van der Waals surface area (Å²) in [5.74, 6) is -1.83. The zero-order valence-electron chi connectivity index (χ0n) is 22.2. The Morgan fingerprint density at radius 1 is 0.610 bits per heavy atom. The minimum atomic E-state index is -1.17. The van der Waals surface area contributed by atoms with Crippen LogP contribution in [0.25, 0.3) is 24.3 Å². The van der Waals surface area contributed by atoms with Crippen molar-refractivity contribution in [2.45, 2.75) is 13.8 Å². The molecule has 0 spiro atoms. The van der Waals surface area contributed by atoms with Crippen LogP contribution in [0.4, 0.5) is 14.0 Å². The number of hydrogen-bond donors (Lipinski definition) is 0. The van der Waals surface area contributed by atoms with E-state index >= 15 is 0 Å². The van der Waals surface area contributed by atoms with Crippen molar-refractivity contribution in [2.75, 3.05) is 0 Å². The van der Waals surface area contributed by atoms with E-state index in [4.69, 9.17) is 9.47 Å². The fourth-order valence-corrected chi connectivity index (χ4v) is 3.01. The fraction of sp³-hybridized carbons (Fsp3) is 0.0625. The van der Waals surface area contributed by atoms with Gasteiger partial charge in [-0.15, -0.1) is 0 Å². The highest BCUT2D eigenvalue weighted by molar-refractivity contribution is 5.94. The minimum Gasteiger partial charge on any atom is -0.395 e. The van der Waals surface area contributed by atoms with E-state index in [2.05, 4.69) is 22.6 Å². The molecule has 0 N–H and O–H groups in total. The molecule has 0 aliphatic rings. The molecule has 0 unspecified atom stereocenters. The van der Waals surface area contributed by atoms with Crippen molar-refractivity contribution in [3.05, 3.63) is 119 Å². The molecule has 208 valence electrons. The van der Waals surface area contributed by atoms with E-state index in [9.17, 15) is 23.6 Å². The van der Waals surface area contributed by atoms with Crippen molar-refractivity contribution >= 4 is 48.6 Å². The highest BCUT2D eigenvalue weighted by Gasteiger charge is 2.14. The summed E-state index contributed by atoms with van der Waals surface area (Å²) in [6, 6.07) is 17.5. The molecule has 0 atom stereocenters. The number of benzene rings is 3. The van der Waals surface area contributed by atoms with E-state index in [1.807, 2.05) is 0 Å². The third-order valence-corrected chi connectivity index (χ3v) is 5.16. The zero-order valence-corrected chi connectivity index (χ0v) is 22.2. The molecule has 3 aromatic rings. The number of hydrogen-bond acceptors (Lipinski definition) is 8. The SMILES string of the molecule is C=C(C)C(=O)OC(=O)Oc1ccc(/C=C/c2ccc(/C=C/c3ccc(OC(=O)OC(=O)C(=C)C)cc3)c(F)c2)cc1. The second kappa shape index (κ2) is 14.0. The first-order valence-electron chi connectivity index (χ1n) is 12.0. The van der Waals surface area contributed by atoms with Crippen LogP contribution >= 0.6 is 0 Å². The Kier molecular flexibility index (Phi) is 10.2. The van der Waals surface area contributed by atoms with E-state index in [0.29, 0.717) is 11.1 Å². The average molecular weight is 557 g/mol. The Hall–Kier alpha value is -5.57. The maximum Gasteiger partial charge on any atom is 0.521 e. The van der Waals surface area contributed by atoms with Crippen LogP contribution in [0.5, 0.6) is 11.5 Å². The number of carbonyl (C=O) groups excluding carboxylic acids is 4. The predicted octanol–water partition coefficient (Wildman–Crippen LogP) is 7.40. The maximum absolute atomic E-state index is 14.7. The average Bonchev–Trinajstić information content (AvgIpc) is 2.92. The van der Waals surface area contributed by atoms with E-state index in [1.165, 1.54) is 44.2 Å². The summed E-state index contributed by atoms with van der Waals surface area (Å²) in [4.78, 5) is 45.9. The molecule has 0 saturated carbocycles. The molecule has 0 radical (unpaired) electrons. The molecule has 0 fully saturated rings. The van der Waals surface area contributed by atoms with Gasteiger partial charge in [-0.25, -0.2) is 23.6 Å². The normalized spacial score (nSPS) is 10.7. The summed E-state index contributed by atoms with van der Waals surface area (Å²) in [5.41, 5.74) is 2.60. The molecule has 0 aliphatic heterocycles. The van der Waals surface area contributed by atoms with Gasteiger partial charge in [-0.05, 0) is 60.9 Å². The zero-order chi connectivity index (χ0) is 29.9. The van der Waals surface area contributed by atoms with Gasteiger partial charge < -0.3 is 18.9 Å². The van der Waals surface area contributed by atoms with Gasteiger partial charge in [0.1, 0.15) is 17.3 Å². The van der Waals surface area contributed by atoms with Gasteiger partial charge in [0.15, 0.2) is 0 Å². The van der Waals surface area contributed by atoms with Crippen molar-refractivity contribution in [1.29, 1.82) is 0 Å². The Labute approximate surface area is 235 Å². The largest absolute Gasteiger partial charge is 0.521 e. The third-order valence-electron chi connectivity index (χ3n) is 5.16. The molecule has 9 heteroatoms. The number of halogens is 1. The Bertz CT molecular complexity index is 1550. The van der Waals surface area contributed by atoms with Gasteiger partial charge in [0.2, 0.25) is 0 Å². The topological polar surface area (TPSA) is 105 Å². The number of carbonyl (C=O) groups is 4. The Balaban J connectivity index is 1.56. The summed E-state index contributed by atoms with van der Waals surface area (Å²) in [6.45, 7) is 9.58. The Morgan fingerprint density at radius 2 is 1.00 bits per heavy atom. The van der Waals surface area contributed by atoms with Gasteiger partial charge in [-0.2, -0.15) is 0 Å². The monoisotopic (exact) mass is 556 g/mol. The van der Waals surface area contributed by atoms with E-state index in [-0.39, 0.29) is 22.6 Å². The Morgan fingerprint density at radius 3 is 1.41 bits per heavy atom. The molecule has 41 heavy (non-hydrogen) atoms. The number of rotatable bonds is 8. The number of esters is 2. The first-order chi connectivity index (χ1) is 19.5. The number of ether oxygens (including phenoxy) is 4. The first kappa shape index (κ1) is 30.0. The van der Waals surface area contributed by atoms with E-state index in [1.54, 1.807) is 60.7 Å². The first-order valence-corrected chi connectivity index (χ1v) is 12.0. The summed E-state index contributed by atoms with van der Waals surface area (Å²) in [6.07, 6.45) is 4.44. The van der Waals surface area contributed by atoms with Crippen LogP contribution in [-0.4, -0.2) is 24.2 Å². The molecule has 0 amide bonds. The highest BCUT2D eigenvalue weighted by Crippen LogP contribution is 2.19.